The first-order valence-electron chi connectivity index (χ1n) is 10.9. The van der Waals surface area contributed by atoms with Gasteiger partial charge in [-0.15, -0.1) is 0 Å². The fourth-order valence-corrected chi connectivity index (χ4v) is 5.10. The molecule has 0 bridgehead atoms. The third kappa shape index (κ3) is 5.81. The highest BCUT2D eigenvalue weighted by Crippen LogP contribution is 2.27. The SMILES string of the molecule is COc1ccccc1NS(=O)(=O)c1cccc(C(=O)NCC(C)(C)N2CCCC(C)C2)c1. The minimum Gasteiger partial charge on any atom is -0.495 e. The monoisotopic (exact) mass is 459 g/mol. The number of ether oxygens (including phenoxy) is 1. The second-order valence-corrected chi connectivity index (χ2v) is 10.7. The van der Waals surface area contributed by atoms with Gasteiger partial charge in [-0.2, -0.15) is 0 Å². The summed E-state index contributed by atoms with van der Waals surface area (Å²) in [4.78, 5) is 15.2. The van der Waals surface area contributed by atoms with Crippen LogP contribution < -0.4 is 14.8 Å². The first kappa shape index (κ1) is 24.1. The van der Waals surface area contributed by atoms with Gasteiger partial charge in [0.2, 0.25) is 0 Å². The summed E-state index contributed by atoms with van der Waals surface area (Å²) >= 11 is 0. The number of nitrogens with zero attached hydrogens (tertiary/aromatic N) is 1. The van der Waals surface area contributed by atoms with Gasteiger partial charge < -0.3 is 10.1 Å². The molecule has 1 amide bonds. The van der Waals surface area contributed by atoms with Gasteiger partial charge in [-0.1, -0.05) is 25.1 Å². The van der Waals surface area contributed by atoms with Crippen molar-refractivity contribution in [2.24, 2.45) is 5.92 Å². The first-order chi connectivity index (χ1) is 15.1. The van der Waals surface area contributed by atoms with Crippen molar-refractivity contribution in [2.75, 3.05) is 31.5 Å². The van der Waals surface area contributed by atoms with E-state index < -0.39 is 10.0 Å². The molecule has 32 heavy (non-hydrogen) atoms. The summed E-state index contributed by atoms with van der Waals surface area (Å²) in [7, 11) is -2.41. The third-order valence-corrected chi connectivity index (χ3v) is 7.32. The van der Waals surface area contributed by atoms with E-state index in [-0.39, 0.29) is 16.3 Å². The molecule has 1 aliphatic heterocycles. The van der Waals surface area contributed by atoms with Crippen molar-refractivity contribution in [3.8, 4) is 5.75 Å². The molecule has 3 rings (SSSR count). The zero-order valence-corrected chi connectivity index (χ0v) is 20.0. The van der Waals surface area contributed by atoms with Crippen molar-refractivity contribution < 1.29 is 17.9 Å². The molecule has 8 heteroatoms. The Hall–Kier alpha value is -2.58. The number of likely N-dealkylation sites (tertiary alicyclic amines) is 1. The van der Waals surface area contributed by atoms with Gasteiger partial charge in [-0.05, 0) is 69.5 Å². The molecular formula is C24H33N3O4S. The number of anilines is 1. The lowest BCUT2D eigenvalue weighted by molar-refractivity contribution is 0.0657. The summed E-state index contributed by atoms with van der Waals surface area (Å²) in [6.07, 6.45) is 2.40. The van der Waals surface area contributed by atoms with Crippen LogP contribution in [0.25, 0.3) is 0 Å². The number of para-hydroxylation sites is 2. The van der Waals surface area contributed by atoms with Gasteiger partial charge in [0.1, 0.15) is 5.75 Å². The molecule has 174 valence electrons. The minimum atomic E-state index is -3.89. The van der Waals surface area contributed by atoms with Gasteiger partial charge in [0.05, 0.1) is 17.7 Å². The second-order valence-electron chi connectivity index (χ2n) is 9.02. The molecule has 0 saturated carbocycles. The molecule has 0 radical (unpaired) electrons. The molecular weight excluding hydrogens is 426 g/mol. The Bertz CT molecular complexity index is 1050. The molecule has 0 spiro atoms. The van der Waals surface area contributed by atoms with Crippen LogP contribution in [0, 0.1) is 5.92 Å². The van der Waals surface area contributed by atoms with Crippen molar-refractivity contribution in [2.45, 2.75) is 44.0 Å². The molecule has 1 saturated heterocycles. The van der Waals surface area contributed by atoms with Crippen LogP contribution in [0.3, 0.4) is 0 Å². The molecule has 1 atom stereocenters. The van der Waals surface area contributed by atoms with Crippen LogP contribution in [0.2, 0.25) is 0 Å². The van der Waals surface area contributed by atoms with E-state index in [2.05, 4.69) is 35.7 Å². The minimum absolute atomic E-state index is 0.0140. The third-order valence-electron chi connectivity index (χ3n) is 5.95. The summed E-state index contributed by atoms with van der Waals surface area (Å²) in [5.41, 5.74) is 0.456. The summed E-state index contributed by atoms with van der Waals surface area (Å²) in [6, 6.07) is 12.8. The van der Waals surface area contributed by atoms with Crippen LogP contribution in [0.4, 0.5) is 5.69 Å². The number of sulfonamides is 1. The molecule has 2 N–H and O–H groups in total. The van der Waals surface area contributed by atoms with Gasteiger partial charge in [-0.25, -0.2) is 8.42 Å². The van der Waals surface area contributed by atoms with Crippen molar-refractivity contribution in [3.05, 3.63) is 54.1 Å². The number of nitrogens with one attached hydrogen (secondary N) is 2. The Morgan fingerprint density at radius 2 is 1.94 bits per heavy atom. The van der Waals surface area contributed by atoms with E-state index in [1.165, 1.54) is 25.7 Å². The number of carbonyl (C=O) groups is 1. The van der Waals surface area contributed by atoms with E-state index in [0.29, 0.717) is 29.5 Å². The van der Waals surface area contributed by atoms with E-state index in [4.69, 9.17) is 4.74 Å². The van der Waals surface area contributed by atoms with Gasteiger partial charge in [-0.3, -0.25) is 14.4 Å². The predicted molar refractivity (Wildman–Crippen MR) is 127 cm³/mol. The van der Waals surface area contributed by atoms with Crippen molar-refractivity contribution in [3.63, 3.8) is 0 Å². The van der Waals surface area contributed by atoms with E-state index in [1.807, 2.05) is 0 Å². The Balaban J connectivity index is 1.70. The summed E-state index contributed by atoms with van der Waals surface area (Å²) < 4.78 is 33.5. The van der Waals surface area contributed by atoms with Gasteiger partial charge >= 0.3 is 0 Å². The Kier molecular flexibility index (Phi) is 7.46. The highest BCUT2D eigenvalue weighted by atomic mass is 32.2. The fraction of sp³-hybridized carbons (Fsp3) is 0.458. The number of hydrogen-bond donors (Lipinski definition) is 2. The summed E-state index contributed by atoms with van der Waals surface area (Å²) in [5.74, 6) is 0.771. The number of amides is 1. The maximum atomic E-state index is 12.9. The van der Waals surface area contributed by atoms with Crippen molar-refractivity contribution in [1.29, 1.82) is 0 Å². The molecule has 0 aliphatic carbocycles. The van der Waals surface area contributed by atoms with E-state index in [0.717, 1.165) is 19.5 Å². The smallest absolute Gasteiger partial charge is 0.262 e. The fourth-order valence-electron chi connectivity index (χ4n) is 3.99. The molecule has 2 aromatic rings. The quantitative estimate of drug-likeness (QED) is 0.628. The second kappa shape index (κ2) is 9.92. The largest absolute Gasteiger partial charge is 0.495 e. The zero-order valence-electron chi connectivity index (χ0n) is 19.2. The maximum absolute atomic E-state index is 12.9. The predicted octanol–water partition coefficient (Wildman–Crippen LogP) is 3.74. The van der Waals surface area contributed by atoms with E-state index in [9.17, 15) is 13.2 Å². The Morgan fingerprint density at radius 1 is 1.19 bits per heavy atom. The van der Waals surface area contributed by atoms with Gasteiger partial charge in [0, 0.05) is 24.2 Å². The number of methoxy groups -OCH3 is 1. The number of carbonyl (C=O) groups excluding carboxylic acids is 1. The lowest BCUT2D eigenvalue weighted by atomic mass is 9.93. The molecule has 1 aliphatic rings. The average molecular weight is 460 g/mol. The lowest BCUT2D eigenvalue weighted by Crippen LogP contribution is -2.54. The highest BCUT2D eigenvalue weighted by molar-refractivity contribution is 7.92. The summed E-state index contributed by atoms with van der Waals surface area (Å²) in [5, 5.41) is 2.98. The normalized spacial score (nSPS) is 17.6. The lowest BCUT2D eigenvalue weighted by Gasteiger charge is -2.43. The van der Waals surface area contributed by atoms with Crippen LogP contribution in [0.5, 0.6) is 5.75 Å². The Labute approximate surface area is 191 Å². The van der Waals surface area contributed by atoms with Crippen LogP contribution >= 0.6 is 0 Å². The average Bonchev–Trinajstić information content (AvgIpc) is 2.78. The number of piperidine rings is 1. The van der Waals surface area contributed by atoms with Crippen LogP contribution in [0.1, 0.15) is 44.0 Å². The molecule has 1 heterocycles. The van der Waals surface area contributed by atoms with Crippen LogP contribution in [-0.4, -0.2) is 51.5 Å². The zero-order chi connectivity index (χ0) is 23.4. The van der Waals surface area contributed by atoms with Gasteiger partial charge in [0.25, 0.3) is 15.9 Å². The first-order valence-corrected chi connectivity index (χ1v) is 12.4. The molecule has 7 nitrogen and oxygen atoms in total. The van der Waals surface area contributed by atoms with Gasteiger partial charge in [0.15, 0.2) is 0 Å². The topological polar surface area (TPSA) is 87.7 Å². The van der Waals surface area contributed by atoms with E-state index >= 15 is 0 Å². The van der Waals surface area contributed by atoms with Crippen molar-refractivity contribution in [1.82, 2.24) is 10.2 Å². The van der Waals surface area contributed by atoms with Crippen LogP contribution in [0.15, 0.2) is 53.4 Å². The maximum Gasteiger partial charge on any atom is 0.262 e. The standard InChI is InChI=1S/C24H33N3O4S/c1-18-9-8-14-27(16-18)24(2,3)17-25-23(28)19-10-7-11-20(15-19)32(29,30)26-21-12-5-6-13-22(21)31-4/h5-7,10-13,15,18,26H,8-9,14,16-17H2,1-4H3,(H,25,28). The number of hydrogen-bond acceptors (Lipinski definition) is 5. The van der Waals surface area contributed by atoms with Crippen molar-refractivity contribution >= 4 is 21.6 Å². The molecule has 0 aromatic heterocycles. The number of rotatable bonds is 8. The highest BCUT2D eigenvalue weighted by Gasteiger charge is 2.30. The number of benzene rings is 2. The summed E-state index contributed by atoms with van der Waals surface area (Å²) in [6.45, 7) is 9.04. The molecule has 2 aromatic carbocycles. The Morgan fingerprint density at radius 3 is 2.66 bits per heavy atom. The van der Waals surface area contributed by atoms with Crippen LogP contribution in [-0.2, 0) is 10.0 Å². The van der Waals surface area contributed by atoms with E-state index in [1.54, 1.807) is 36.4 Å². The molecule has 1 fully saturated rings. The molecule has 1 unspecified atom stereocenters.